The summed E-state index contributed by atoms with van der Waals surface area (Å²) in [5.41, 5.74) is 5.28. The fourth-order valence-corrected chi connectivity index (χ4v) is 5.48. The summed E-state index contributed by atoms with van der Waals surface area (Å²) in [5.74, 6) is 3.05. The van der Waals surface area contributed by atoms with Crippen molar-refractivity contribution in [3.8, 4) is 28.7 Å². The average molecular weight is 568 g/mol. The van der Waals surface area contributed by atoms with Crippen molar-refractivity contribution >= 4 is 5.91 Å². The van der Waals surface area contributed by atoms with Gasteiger partial charge in [-0.1, -0.05) is 60.7 Å². The van der Waals surface area contributed by atoms with Crippen LogP contribution < -0.4 is 23.7 Å². The van der Waals surface area contributed by atoms with Crippen LogP contribution >= 0.6 is 0 Å². The number of hydrogen-bond donors (Lipinski definition) is 0. The van der Waals surface area contributed by atoms with Gasteiger partial charge in [0.25, 0.3) is 0 Å². The van der Waals surface area contributed by atoms with Crippen LogP contribution in [-0.4, -0.2) is 38.7 Å². The van der Waals surface area contributed by atoms with Crippen LogP contribution in [0.1, 0.15) is 40.8 Å². The zero-order valence-electron chi connectivity index (χ0n) is 24.6. The van der Waals surface area contributed by atoms with Crippen LogP contribution in [0.25, 0.3) is 0 Å². The summed E-state index contributed by atoms with van der Waals surface area (Å²) >= 11 is 0. The van der Waals surface area contributed by atoms with Gasteiger partial charge in [0, 0.05) is 13.5 Å². The van der Waals surface area contributed by atoms with Crippen molar-refractivity contribution in [2.45, 2.75) is 39.0 Å². The van der Waals surface area contributed by atoms with Crippen LogP contribution in [0, 0.1) is 0 Å². The first-order valence-corrected chi connectivity index (χ1v) is 14.1. The maximum Gasteiger partial charge on any atom is 0.219 e. The van der Waals surface area contributed by atoms with Crippen molar-refractivity contribution in [3.63, 3.8) is 0 Å². The van der Waals surface area contributed by atoms with Gasteiger partial charge in [-0.15, -0.1) is 0 Å². The zero-order chi connectivity index (χ0) is 29.5. The lowest BCUT2D eigenvalue weighted by atomic mass is 9.88. The van der Waals surface area contributed by atoms with Crippen LogP contribution in [0.15, 0.2) is 84.9 Å². The second kappa shape index (κ2) is 13.3. The number of nitrogens with zero attached hydrogens (tertiary/aromatic N) is 1. The minimum Gasteiger partial charge on any atom is -0.493 e. The molecule has 1 aliphatic rings. The Morgan fingerprint density at radius 3 is 1.76 bits per heavy atom. The quantitative estimate of drug-likeness (QED) is 0.205. The van der Waals surface area contributed by atoms with E-state index in [1.165, 1.54) is 0 Å². The Morgan fingerprint density at radius 2 is 1.26 bits per heavy atom. The highest BCUT2D eigenvalue weighted by Gasteiger charge is 2.31. The molecule has 0 saturated carbocycles. The van der Waals surface area contributed by atoms with Gasteiger partial charge in [-0.2, -0.15) is 0 Å². The highest BCUT2D eigenvalue weighted by molar-refractivity contribution is 5.74. The topological polar surface area (TPSA) is 66.5 Å². The van der Waals surface area contributed by atoms with Gasteiger partial charge >= 0.3 is 0 Å². The third-order valence-corrected chi connectivity index (χ3v) is 7.60. The molecule has 0 spiro atoms. The van der Waals surface area contributed by atoms with Gasteiger partial charge in [0.1, 0.15) is 13.2 Å². The SMILES string of the molecule is COc1cc(C[C@@H]2c3cc(OCc4ccccc4)c(OCc4ccccc4)cc3CCN2C(C)=O)cc(OC)c1OC. The van der Waals surface area contributed by atoms with Crippen molar-refractivity contribution < 1.29 is 28.5 Å². The van der Waals surface area contributed by atoms with Gasteiger partial charge in [-0.3, -0.25) is 4.79 Å². The lowest BCUT2D eigenvalue weighted by molar-refractivity contribution is -0.131. The van der Waals surface area contributed by atoms with E-state index in [1.807, 2.05) is 77.7 Å². The largest absolute Gasteiger partial charge is 0.493 e. The average Bonchev–Trinajstić information content (AvgIpc) is 3.03. The Balaban J connectivity index is 1.53. The van der Waals surface area contributed by atoms with Crippen molar-refractivity contribution in [2.75, 3.05) is 27.9 Å². The molecule has 0 unspecified atom stereocenters. The van der Waals surface area contributed by atoms with E-state index in [4.69, 9.17) is 23.7 Å². The van der Waals surface area contributed by atoms with Gasteiger partial charge in [0.2, 0.25) is 11.7 Å². The molecule has 7 nitrogen and oxygen atoms in total. The molecule has 1 atom stereocenters. The summed E-state index contributed by atoms with van der Waals surface area (Å²) in [6, 6.07) is 27.9. The molecule has 0 aromatic heterocycles. The normalized spacial score (nSPS) is 14.1. The van der Waals surface area contributed by atoms with Gasteiger partial charge in [-0.25, -0.2) is 0 Å². The third kappa shape index (κ3) is 6.46. The summed E-state index contributed by atoms with van der Waals surface area (Å²) in [6.07, 6.45) is 1.28. The number of methoxy groups -OCH3 is 3. The number of carbonyl (C=O) groups is 1. The van der Waals surface area contributed by atoms with E-state index >= 15 is 0 Å². The summed E-state index contributed by atoms with van der Waals surface area (Å²) in [6.45, 7) is 3.06. The van der Waals surface area contributed by atoms with Crippen LogP contribution in [0.3, 0.4) is 0 Å². The maximum absolute atomic E-state index is 12.9. The Hall–Kier alpha value is -4.65. The molecular weight excluding hydrogens is 530 g/mol. The summed E-state index contributed by atoms with van der Waals surface area (Å²) < 4.78 is 29.5. The summed E-state index contributed by atoms with van der Waals surface area (Å²) in [4.78, 5) is 14.8. The monoisotopic (exact) mass is 567 g/mol. The van der Waals surface area contributed by atoms with E-state index in [0.29, 0.717) is 54.9 Å². The second-order valence-corrected chi connectivity index (χ2v) is 10.3. The van der Waals surface area contributed by atoms with Crippen molar-refractivity contribution in [2.24, 2.45) is 0 Å². The molecule has 218 valence electrons. The molecule has 4 aromatic carbocycles. The van der Waals surface area contributed by atoms with Gasteiger partial charge in [-0.05, 0) is 64.9 Å². The third-order valence-electron chi connectivity index (χ3n) is 7.60. The first-order valence-electron chi connectivity index (χ1n) is 14.1. The Kier molecular flexibility index (Phi) is 9.17. The molecule has 7 heteroatoms. The molecular formula is C35H37NO6. The second-order valence-electron chi connectivity index (χ2n) is 10.3. The number of fused-ring (bicyclic) bond motifs is 1. The molecule has 5 rings (SSSR count). The molecule has 0 bridgehead atoms. The van der Waals surface area contributed by atoms with Crippen molar-refractivity contribution in [1.82, 2.24) is 4.90 Å². The number of benzene rings is 4. The van der Waals surface area contributed by atoms with E-state index in [2.05, 4.69) is 12.1 Å². The molecule has 0 fully saturated rings. The zero-order valence-corrected chi connectivity index (χ0v) is 24.6. The summed E-state index contributed by atoms with van der Waals surface area (Å²) in [7, 11) is 4.79. The molecule has 0 radical (unpaired) electrons. The first-order chi connectivity index (χ1) is 20.5. The van der Waals surface area contributed by atoms with Crippen LogP contribution in [0.4, 0.5) is 0 Å². The van der Waals surface area contributed by atoms with Gasteiger partial charge in [0.15, 0.2) is 23.0 Å². The molecule has 4 aromatic rings. The molecule has 1 amide bonds. The minimum absolute atomic E-state index is 0.0225. The van der Waals surface area contributed by atoms with E-state index in [1.54, 1.807) is 28.3 Å². The minimum atomic E-state index is -0.212. The van der Waals surface area contributed by atoms with Crippen LogP contribution in [0.5, 0.6) is 28.7 Å². The van der Waals surface area contributed by atoms with Crippen molar-refractivity contribution in [1.29, 1.82) is 0 Å². The molecule has 1 aliphatic heterocycles. The van der Waals surface area contributed by atoms with Crippen LogP contribution in [-0.2, 0) is 30.8 Å². The lowest BCUT2D eigenvalue weighted by Gasteiger charge is -2.37. The fourth-order valence-electron chi connectivity index (χ4n) is 5.48. The highest BCUT2D eigenvalue weighted by atomic mass is 16.5. The molecule has 42 heavy (non-hydrogen) atoms. The number of amides is 1. The predicted octanol–water partition coefficient (Wildman–Crippen LogP) is 6.56. The maximum atomic E-state index is 12.9. The molecule has 0 N–H and O–H groups in total. The van der Waals surface area contributed by atoms with Crippen molar-refractivity contribution in [3.05, 3.63) is 113 Å². The number of carbonyl (C=O) groups excluding carboxylic acids is 1. The fraction of sp³-hybridized carbons (Fsp3) is 0.286. The smallest absolute Gasteiger partial charge is 0.219 e. The Bertz CT molecular complexity index is 1480. The van der Waals surface area contributed by atoms with Gasteiger partial charge in [0.05, 0.1) is 27.4 Å². The molecule has 0 saturated heterocycles. The van der Waals surface area contributed by atoms with E-state index < -0.39 is 0 Å². The Labute approximate surface area is 247 Å². The van der Waals surface area contributed by atoms with E-state index in [9.17, 15) is 4.79 Å². The summed E-state index contributed by atoms with van der Waals surface area (Å²) in [5, 5.41) is 0. The van der Waals surface area contributed by atoms with Gasteiger partial charge < -0.3 is 28.6 Å². The Morgan fingerprint density at radius 1 is 0.714 bits per heavy atom. The van der Waals surface area contributed by atoms with E-state index in [0.717, 1.165) is 34.2 Å². The standard InChI is InChI=1S/C35H37NO6/c1-24(37)36-16-15-28-20-31(41-22-25-11-7-5-8-12-25)32(42-23-26-13-9-6-10-14-26)21-29(28)30(36)17-27-18-33(38-2)35(40-4)34(19-27)39-3/h5-14,18-21,30H,15-17,22-23H2,1-4H3/t30-/m1/s1. The number of rotatable bonds is 11. The highest BCUT2D eigenvalue weighted by Crippen LogP contribution is 2.43. The van der Waals surface area contributed by atoms with E-state index in [-0.39, 0.29) is 11.9 Å². The number of hydrogen-bond acceptors (Lipinski definition) is 6. The molecule has 0 aliphatic carbocycles. The number of ether oxygens (including phenoxy) is 5. The van der Waals surface area contributed by atoms with Crippen LogP contribution in [0.2, 0.25) is 0 Å². The molecule has 1 heterocycles. The first kappa shape index (κ1) is 28.9. The predicted molar refractivity (Wildman–Crippen MR) is 162 cm³/mol. The lowest BCUT2D eigenvalue weighted by Crippen LogP contribution is -2.39.